The minimum absolute atomic E-state index is 0. The van der Waals surface area contributed by atoms with Crippen LogP contribution in [0.5, 0.6) is 0 Å². The van der Waals surface area contributed by atoms with Crippen molar-refractivity contribution in [2.75, 3.05) is 0 Å². The molecule has 168 valence electrons. The second kappa shape index (κ2) is 12.1. The van der Waals surface area contributed by atoms with Gasteiger partial charge in [0, 0.05) is 16.7 Å². The Labute approximate surface area is 189 Å². The van der Waals surface area contributed by atoms with E-state index < -0.39 is 0 Å². The van der Waals surface area contributed by atoms with Crippen molar-refractivity contribution >= 4 is 27.7 Å². The summed E-state index contributed by atoms with van der Waals surface area (Å²) in [5, 5.41) is 2.29. The predicted molar refractivity (Wildman–Crippen MR) is 140 cm³/mol. The smallest absolute Gasteiger partial charge is 0.234 e. The first kappa shape index (κ1) is 28.1. The topological polar surface area (TPSA) is 22.0 Å². The van der Waals surface area contributed by atoms with E-state index >= 15 is 0 Å². The van der Waals surface area contributed by atoms with Gasteiger partial charge in [-0.2, -0.15) is 0 Å². The maximum Gasteiger partial charge on any atom is 0.234 e. The maximum absolute atomic E-state index is 13.6. The molecule has 2 heteroatoms. The molecule has 1 heterocycles. The van der Waals surface area contributed by atoms with E-state index in [-0.39, 0.29) is 41.5 Å². The average Bonchev–Trinajstić information content (AvgIpc) is 3.06. The lowest BCUT2D eigenvalue weighted by Crippen LogP contribution is -2.22. The van der Waals surface area contributed by atoms with Crippen LogP contribution in [0, 0.1) is 5.92 Å². The highest BCUT2D eigenvalue weighted by Crippen LogP contribution is 2.32. The molecular weight excluding hydrogens is 378 g/mol. The lowest BCUT2D eigenvalue weighted by Gasteiger charge is -2.20. The first-order chi connectivity index (χ1) is 13.2. The third kappa shape index (κ3) is 5.25. The number of hydrogen-bond acceptors (Lipinski definition) is 1. The summed E-state index contributed by atoms with van der Waals surface area (Å²) in [6, 6.07) is 26.9. The molecule has 0 aliphatic heterocycles. The highest BCUT2D eigenvalue weighted by molar-refractivity contribution is 6.13. The van der Waals surface area contributed by atoms with Crippen LogP contribution >= 0.6 is 0 Å². The fourth-order valence-corrected chi connectivity index (χ4v) is 4.13. The molecule has 2 unspecified atom stereocenters. The summed E-state index contributed by atoms with van der Waals surface area (Å²) in [6.45, 7) is 4.34. The Hall–Kier alpha value is -2.87. The van der Waals surface area contributed by atoms with Gasteiger partial charge in [0.25, 0.3) is 0 Å². The summed E-state index contributed by atoms with van der Waals surface area (Å²) in [7, 11) is 0. The zero-order valence-corrected chi connectivity index (χ0v) is 15.9. The van der Waals surface area contributed by atoms with Gasteiger partial charge in [-0.1, -0.05) is 110 Å². The number of para-hydroxylation sites is 2. The first-order valence-electron chi connectivity index (χ1n) is 9.78. The number of nitrogens with zero attached hydrogens (tertiary/aromatic N) is 1. The monoisotopic (exact) mass is 419 g/mol. The molecule has 0 N–H and O–H groups in total. The van der Waals surface area contributed by atoms with Gasteiger partial charge in [0.1, 0.15) is 0 Å². The Kier molecular flexibility index (Phi) is 11.0. The van der Waals surface area contributed by atoms with Gasteiger partial charge in [0.05, 0.1) is 11.0 Å². The summed E-state index contributed by atoms with van der Waals surface area (Å²) in [5.74, 6) is 0.560. The van der Waals surface area contributed by atoms with Crippen molar-refractivity contribution < 1.29 is 4.79 Å². The quantitative estimate of drug-likeness (QED) is 0.316. The van der Waals surface area contributed by atoms with Gasteiger partial charge in [-0.05, 0) is 36.5 Å². The van der Waals surface area contributed by atoms with Crippen molar-refractivity contribution in [3.63, 3.8) is 0 Å². The predicted octanol–water partition coefficient (Wildman–Crippen LogP) is 9.20. The molecule has 2 nitrogen and oxygen atoms in total. The molecule has 0 spiro atoms. The third-order valence-corrected chi connectivity index (χ3v) is 5.65. The van der Waals surface area contributed by atoms with Crippen molar-refractivity contribution in [1.82, 2.24) is 4.57 Å². The zero-order valence-electron chi connectivity index (χ0n) is 15.9. The third-order valence-electron chi connectivity index (χ3n) is 5.65. The number of carbonyl (C=O) groups is 1. The maximum atomic E-state index is 13.6. The minimum Gasteiger partial charge on any atom is -0.280 e. The molecule has 0 amide bonds. The second-order valence-electron chi connectivity index (χ2n) is 7.36. The van der Waals surface area contributed by atoms with Crippen molar-refractivity contribution in [2.45, 2.75) is 62.3 Å². The van der Waals surface area contributed by atoms with E-state index in [1.54, 1.807) is 0 Å². The number of rotatable bonds is 5. The molecular formula is C29H41NO. The largest absolute Gasteiger partial charge is 0.280 e. The fourth-order valence-electron chi connectivity index (χ4n) is 4.13. The molecule has 4 rings (SSSR count). The van der Waals surface area contributed by atoms with Crippen LogP contribution < -0.4 is 0 Å². The van der Waals surface area contributed by atoms with Crippen LogP contribution in [0.1, 0.15) is 72.7 Å². The van der Waals surface area contributed by atoms with Crippen molar-refractivity contribution in [1.29, 1.82) is 0 Å². The lowest BCUT2D eigenvalue weighted by atomic mass is 9.88. The highest BCUT2D eigenvalue weighted by atomic mass is 16.2. The van der Waals surface area contributed by atoms with E-state index in [1.807, 2.05) is 34.9 Å². The molecule has 0 aliphatic carbocycles. The van der Waals surface area contributed by atoms with Gasteiger partial charge in [0.15, 0.2) is 0 Å². The van der Waals surface area contributed by atoms with E-state index in [2.05, 4.69) is 62.4 Å². The molecule has 3 aromatic carbocycles. The van der Waals surface area contributed by atoms with Gasteiger partial charge in [0.2, 0.25) is 5.91 Å². The Bertz CT molecular complexity index is 1020. The summed E-state index contributed by atoms with van der Waals surface area (Å²) >= 11 is 0. The Morgan fingerprint density at radius 2 is 1.19 bits per heavy atom. The SMILES string of the molecule is C.C.C.C.CCC(CC(C)c1ccccc1)C(=O)n1c2ccccc2c2ccccc21. The van der Waals surface area contributed by atoms with Gasteiger partial charge >= 0.3 is 0 Å². The average molecular weight is 420 g/mol. The molecule has 0 aliphatic rings. The van der Waals surface area contributed by atoms with Gasteiger partial charge in [-0.15, -0.1) is 0 Å². The number of hydrogen-bond donors (Lipinski definition) is 0. The molecule has 0 saturated carbocycles. The number of benzene rings is 3. The molecule has 4 aromatic rings. The lowest BCUT2D eigenvalue weighted by molar-refractivity contribution is 0.0829. The van der Waals surface area contributed by atoms with E-state index in [1.165, 1.54) is 5.56 Å². The second-order valence-corrected chi connectivity index (χ2v) is 7.36. The normalized spacial score (nSPS) is 11.9. The van der Waals surface area contributed by atoms with Crippen molar-refractivity contribution in [3.8, 4) is 0 Å². The molecule has 0 fully saturated rings. The zero-order chi connectivity index (χ0) is 18.8. The molecule has 0 saturated heterocycles. The number of aromatic nitrogens is 1. The van der Waals surface area contributed by atoms with Gasteiger partial charge in [-0.3, -0.25) is 9.36 Å². The van der Waals surface area contributed by atoms with Gasteiger partial charge < -0.3 is 0 Å². The first-order valence-corrected chi connectivity index (χ1v) is 9.78. The number of carbonyl (C=O) groups excluding carboxylic acids is 1. The van der Waals surface area contributed by atoms with Crippen LogP contribution in [0.25, 0.3) is 21.8 Å². The molecule has 0 radical (unpaired) electrons. The van der Waals surface area contributed by atoms with Crippen LogP contribution in [0.2, 0.25) is 0 Å². The molecule has 1 aromatic heterocycles. The van der Waals surface area contributed by atoms with E-state index in [0.717, 1.165) is 34.6 Å². The summed E-state index contributed by atoms with van der Waals surface area (Å²) in [4.78, 5) is 13.6. The molecule has 0 bridgehead atoms. The van der Waals surface area contributed by atoms with E-state index in [4.69, 9.17) is 0 Å². The minimum atomic E-state index is -0.000539. The van der Waals surface area contributed by atoms with Crippen LogP contribution in [-0.2, 0) is 0 Å². The number of fused-ring (bicyclic) bond motifs is 3. The van der Waals surface area contributed by atoms with Crippen LogP contribution in [0.3, 0.4) is 0 Å². The van der Waals surface area contributed by atoms with Crippen LogP contribution in [0.4, 0.5) is 0 Å². The summed E-state index contributed by atoms with van der Waals surface area (Å²) in [6.07, 6.45) is 1.71. The van der Waals surface area contributed by atoms with Crippen LogP contribution in [-0.4, -0.2) is 10.5 Å². The standard InChI is InChI=1S/C25H25NO.4CH4/c1-3-19(17-18(2)20-11-5-4-6-12-20)25(27)26-23-15-9-7-13-21(23)22-14-8-10-16-24(22)26;;;;/h4-16,18-19H,3,17H2,1-2H3;4*1H4. The molecule has 2 atom stereocenters. The Morgan fingerprint density at radius 1 is 0.742 bits per heavy atom. The molecule has 31 heavy (non-hydrogen) atoms. The van der Waals surface area contributed by atoms with E-state index in [0.29, 0.717) is 5.92 Å². The van der Waals surface area contributed by atoms with E-state index in [9.17, 15) is 4.79 Å². The van der Waals surface area contributed by atoms with Gasteiger partial charge in [-0.25, -0.2) is 0 Å². The fraction of sp³-hybridized carbons (Fsp3) is 0.345. The van der Waals surface area contributed by atoms with Crippen molar-refractivity contribution in [3.05, 3.63) is 84.4 Å². The Balaban J connectivity index is 0.00000225. The summed E-state index contributed by atoms with van der Waals surface area (Å²) in [5.41, 5.74) is 3.31. The Morgan fingerprint density at radius 3 is 1.68 bits per heavy atom. The van der Waals surface area contributed by atoms with Crippen molar-refractivity contribution in [2.24, 2.45) is 5.92 Å². The van der Waals surface area contributed by atoms with Crippen LogP contribution in [0.15, 0.2) is 78.9 Å². The highest BCUT2D eigenvalue weighted by Gasteiger charge is 2.24. The summed E-state index contributed by atoms with van der Waals surface area (Å²) < 4.78 is 1.94.